The predicted octanol–water partition coefficient (Wildman–Crippen LogP) is 3.38. The summed E-state index contributed by atoms with van der Waals surface area (Å²) in [4.78, 5) is 8.87. The fourth-order valence-corrected chi connectivity index (χ4v) is 2.09. The second-order valence-electron chi connectivity index (χ2n) is 5.62. The number of furan rings is 1. The van der Waals surface area contributed by atoms with Crippen LogP contribution in [0.1, 0.15) is 32.1 Å². The second-order valence-corrected chi connectivity index (χ2v) is 5.62. The molecule has 0 bridgehead atoms. The van der Waals surface area contributed by atoms with E-state index in [1.54, 1.807) is 12.5 Å². The van der Waals surface area contributed by atoms with Gasteiger partial charge in [-0.15, -0.1) is 24.0 Å². The Balaban J connectivity index is 0.00000312. The smallest absolute Gasteiger partial charge is 0.213 e. The van der Waals surface area contributed by atoms with Crippen molar-refractivity contribution in [2.75, 3.05) is 13.1 Å². The van der Waals surface area contributed by atoms with Gasteiger partial charge in [-0.3, -0.25) is 0 Å². The first-order valence-electron chi connectivity index (χ1n) is 8.33. The Labute approximate surface area is 166 Å². The first kappa shape index (κ1) is 21.3. The molecule has 0 spiro atoms. The van der Waals surface area contributed by atoms with E-state index in [1.807, 2.05) is 45.0 Å². The maximum atomic E-state index is 5.54. The highest BCUT2D eigenvalue weighted by atomic mass is 127. The molecule has 0 saturated carbocycles. The number of nitrogens with one attached hydrogen (secondary N) is 2. The Morgan fingerprint density at radius 2 is 2.12 bits per heavy atom. The van der Waals surface area contributed by atoms with E-state index >= 15 is 0 Å². The molecule has 0 saturated heterocycles. The van der Waals surface area contributed by atoms with Gasteiger partial charge in [0.25, 0.3) is 0 Å². The van der Waals surface area contributed by atoms with Crippen LogP contribution in [-0.2, 0) is 13.0 Å². The number of nitrogens with zero attached hydrogens (tertiary/aromatic N) is 2. The minimum absolute atomic E-state index is 0. The van der Waals surface area contributed by atoms with Crippen LogP contribution in [0.2, 0.25) is 0 Å². The first-order chi connectivity index (χ1) is 11.7. The fourth-order valence-electron chi connectivity index (χ4n) is 2.09. The van der Waals surface area contributed by atoms with Gasteiger partial charge in [-0.1, -0.05) is 6.07 Å². The summed E-state index contributed by atoms with van der Waals surface area (Å²) in [5, 5.41) is 6.53. The van der Waals surface area contributed by atoms with Gasteiger partial charge >= 0.3 is 0 Å². The van der Waals surface area contributed by atoms with Gasteiger partial charge in [0.05, 0.1) is 18.9 Å². The largest absolute Gasteiger partial charge is 0.475 e. The molecule has 0 aliphatic carbocycles. The third kappa shape index (κ3) is 8.24. The van der Waals surface area contributed by atoms with Gasteiger partial charge < -0.3 is 19.8 Å². The highest BCUT2D eigenvalue weighted by Gasteiger charge is 2.02. The van der Waals surface area contributed by atoms with Crippen molar-refractivity contribution in [1.29, 1.82) is 0 Å². The molecule has 2 aromatic rings. The Morgan fingerprint density at radius 1 is 1.28 bits per heavy atom. The minimum atomic E-state index is 0. The first-order valence-corrected chi connectivity index (χ1v) is 8.33. The molecule has 0 aliphatic heterocycles. The van der Waals surface area contributed by atoms with E-state index in [9.17, 15) is 0 Å². The lowest BCUT2D eigenvalue weighted by Crippen LogP contribution is -2.38. The number of guanidine groups is 1. The van der Waals surface area contributed by atoms with Crippen molar-refractivity contribution < 1.29 is 9.15 Å². The number of halogens is 1. The van der Waals surface area contributed by atoms with Crippen LogP contribution in [0.5, 0.6) is 5.88 Å². The van der Waals surface area contributed by atoms with Crippen LogP contribution in [-0.4, -0.2) is 30.1 Å². The maximum absolute atomic E-state index is 5.54. The zero-order valence-electron chi connectivity index (χ0n) is 15.0. The molecule has 2 rings (SSSR count). The third-order valence-electron chi connectivity index (χ3n) is 3.16. The quantitative estimate of drug-likeness (QED) is 0.361. The lowest BCUT2D eigenvalue weighted by atomic mass is 10.3. The summed E-state index contributed by atoms with van der Waals surface area (Å²) in [5.41, 5.74) is 1.04. The Bertz CT molecular complexity index is 613. The topological polar surface area (TPSA) is 71.7 Å². The molecule has 0 aliphatic rings. The van der Waals surface area contributed by atoms with E-state index in [0.717, 1.165) is 36.8 Å². The zero-order valence-corrected chi connectivity index (χ0v) is 17.3. The molecule has 0 unspecified atom stereocenters. The van der Waals surface area contributed by atoms with Crippen LogP contribution in [0.15, 0.2) is 46.1 Å². The summed E-state index contributed by atoms with van der Waals surface area (Å²) in [6.45, 7) is 8.15. The van der Waals surface area contributed by atoms with Crippen molar-refractivity contribution in [2.45, 2.75) is 39.8 Å². The standard InChI is InChI=1S/C18H26N4O2.HI/c1-4-19-18(20-10-9-16-6-5-11-23-16)22-13-15-7-8-17(21-12-15)24-14(2)3;/h5-8,11-12,14H,4,9-10,13H2,1-3H3,(H2,19,20,22);1H. The normalized spacial score (nSPS) is 11.1. The lowest BCUT2D eigenvalue weighted by molar-refractivity contribution is 0.232. The van der Waals surface area contributed by atoms with Crippen molar-refractivity contribution in [1.82, 2.24) is 15.6 Å². The van der Waals surface area contributed by atoms with Crippen LogP contribution in [0, 0.1) is 0 Å². The fraction of sp³-hybridized carbons (Fsp3) is 0.444. The molecule has 0 radical (unpaired) electrons. The maximum Gasteiger partial charge on any atom is 0.213 e. The third-order valence-corrected chi connectivity index (χ3v) is 3.16. The van der Waals surface area contributed by atoms with Crippen molar-refractivity contribution >= 4 is 29.9 Å². The second kappa shape index (κ2) is 11.7. The van der Waals surface area contributed by atoms with Gasteiger partial charge in [-0.2, -0.15) is 0 Å². The van der Waals surface area contributed by atoms with Gasteiger partial charge in [0.2, 0.25) is 5.88 Å². The molecule has 25 heavy (non-hydrogen) atoms. The molecule has 7 heteroatoms. The summed E-state index contributed by atoms with van der Waals surface area (Å²) < 4.78 is 10.9. The average molecular weight is 458 g/mol. The molecular formula is C18H27IN4O2. The predicted molar refractivity (Wildman–Crippen MR) is 111 cm³/mol. The number of pyridine rings is 1. The molecule has 0 atom stereocenters. The van der Waals surface area contributed by atoms with E-state index in [-0.39, 0.29) is 30.1 Å². The summed E-state index contributed by atoms with van der Waals surface area (Å²) in [6, 6.07) is 7.73. The number of rotatable bonds is 8. The van der Waals surface area contributed by atoms with Gasteiger partial charge in [0, 0.05) is 31.8 Å². The Hall–Kier alpha value is -1.77. The van der Waals surface area contributed by atoms with Crippen LogP contribution in [0.3, 0.4) is 0 Å². The number of aliphatic imine (C=N–C) groups is 1. The Morgan fingerprint density at radius 3 is 2.72 bits per heavy atom. The zero-order chi connectivity index (χ0) is 17.2. The highest BCUT2D eigenvalue weighted by Crippen LogP contribution is 2.10. The van der Waals surface area contributed by atoms with E-state index < -0.39 is 0 Å². The lowest BCUT2D eigenvalue weighted by Gasteiger charge is -2.11. The van der Waals surface area contributed by atoms with Crippen molar-refractivity contribution in [3.63, 3.8) is 0 Å². The molecule has 138 valence electrons. The van der Waals surface area contributed by atoms with Gasteiger partial charge in [0.1, 0.15) is 5.76 Å². The van der Waals surface area contributed by atoms with Gasteiger partial charge in [0.15, 0.2) is 5.96 Å². The van der Waals surface area contributed by atoms with E-state index in [0.29, 0.717) is 12.4 Å². The van der Waals surface area contributed by atoms with Gasteiger partial charge in [-0.25, -0.2) is 9.98 Å². The van der Waals surface area contributed by atoms with Crippen LogP contribution in [0.25, 0.3) is 0 Å². The molecule has 0 fully saturated rings. The van der Waals surface area contributed by atoms with Crippen molar-refractivity contribution in [3.8, 4) is 5.88 Å². The SMILES string of the molecule is CCNC(=NCc1ccc(OC(C)C)nc1)NCCc1ccco1.I. The van der Waals surface area contributed by atoms with Crippen LogP contribution < -0.4 is 15.4 Å². The van der Waals surface area contributed by atoms with Crippen LogP contribution in [0.4, 0.5) is 0 Å². The summed E-state index contributed by atoms with van der Waals surface area (Å²) in [5.74, 6) is 2.39. The molecular weight excluding hydrogens is 431 g/mol. The number of hydrogen-bond acceptors (Lipinski definition) is 4. The number of hydrogen-bond donors (Lipinski definition) is 2. The Kier molecular flexibility index (Phi) is 9.98. The summed E-state index contributed by atoms with van der Waals surface area (Å²) in [7, 11) is 0. The van der Waals surface area contributed by atoms with E-state index in [2.05, 4.69) is 20.6 Å². The monoisotopic (exact) mass is 458 g/mol. The molecule has 2 heterocycles. The molecule has 6 nitrogen and oxygen atoms in total. The average Bonchev–Trinajstić information content (AvgIpc) is 3.07. The highest BCUT2D eigenvalue weighted by molar-refractivity contribution is 14.0. The van der Waals surface area contributed by atoms with Gasteiger partial charge in [-0.05, 0) is 38.5 Å². The minimum Gasteiger partial charge on any atom is -0.475 e. The molecule has 0 amide bonds. The number of aromatic nitrogens is 1. The molecule has 2 N–H and O–H groups in total. The van der Waals surface area contributed by atoms with E-state index in [1.165, 1.54) is 0 Å². The van der Waals surface area contributed by atoms with Crippen LogP contribution >= 0.6 is 24.0 Å². The summed E-state index contributed by atoms with van der Waals surface area (Å²) in [6.07, 6.45) is 4.43. The van der Waals surface area contributed by atoms with E-state index in [4.69, 9.17) is 9.15 Å². The van der Waals surface area contributed by atoms with Crippen molar-refractivity contribution in [3.05, 3.63) is 48.0 Å². The van der Waals surface area contributed by atoms with Crippen molar-refractivity contribution in [2.24, 2.45) is 4.99 Å². The molecule has 0 aromatic carbocycles. The summed E-state index contributed by atoms with van der Waals surface area (Å²) >= 11 is 0. The number of ether oxygens (including phenoxy) is 1. The molecule has 2 aromatic heterocycles.